The predicted octanol–water partition coefficient (Wildman–Crippen LogP) is 7.87. The molecule has 0 radical (unpaired) electrons. The number of aromatic nitrogens is 1. The second-order valence-electron chi connectivity index (χ2n) is 8.79. The topological polar surface area (TPSA) is 72.2 Å². The number of rotatable bonds is 5. The Hall–Kier alpha value is -2.86. The summed E-state index contributed by atoms with van der Waals surface area (Å²) in [6.07, 6.45) is 0. The van der Waals surface area contributed by atoms with E-state index in [1.54, 1.807) is 39.0 Å². The molecule has 0 aliphatic carbocycles. The maximum Gasteiger partial charge on any atom is 0.239 e. The Morgan fingerprint density at radius 3 is 2.29 bits per heavy atom. The van der Waals surface area contributed by atoms with Crippen molar-refractivity contribution in [3.05, 3.63) is 70.4 Å². The molecule has 0 atom stereocenters. The third-order valence-corrected chi connectivity index (χ3v) is 6.06. The standard InChI is InChI=1S/C26H21Cl3N2O3/c1-26(2,3)24(33)23-22(30-20(32)13-27)18-12-17(14-8-10-15(28)11-9-14)21(31-25(18)34-23)16-6-4-5-7-19(16)29/h4-12H,13H2,1-3H3,(H,30,32). The summed E-state index contributed by atoms with van der Waals surface area (Å²) in [7, 11) is 0. The average Bonchev–Trinajstić information content (AvgIpc) is 3.15. The van der Waals surface area contributed by atoms with Gasteiger partial charge in [-0.15, -0.1) is 11.6 Å². The molecule has 0 saturated carbocycles. The molecule has 0 aliphatic rings. The molecule has 0 spiro atoms. The predicted molar refractivity (Wildman–Crippen MR) is 138 cm³/mol. The number of hydrogen-bond acceptors (Lipinski definition) is 4. The number of carbonyl (C=O) groups excluding carboxylic acids is 2. The number of Topliss-reactive ketones (excluding diaryl/α,β-unsaturated/α-hetero) is 1. The molecule has 0 bridgehead atoms. The molecule has 0 aliphatic heterocycles. The number of benzene rings is 2. The number of fused-ring (bicyclic) bond motifs is 1. The van der Waals surface area contributed by atoms with E-state index in [1.165, 1.54) is 0 Å². The highest BCUT2D eigenvalue weighted by atomic mass is 35.5. The van der Waals surface area contributed by atoms with Crippen molar-refractivity contribution in [2.24, 2.45) is 5.41 Å². The van der Waals surface area contributed by atoms with Crippen LogP contribution in [0.15, 0.2) is 59.0 Å². The van der Waals surface area contributed by atoms with Crippen LogP contribution < -0.4 is 5.32 Å². The van der Waals surface area contributed by atoms with Crippen molar-refractivity contribution in [1.82, 2.24) is 4.98 Å². The third-order valence-electron chi connectivity index (χ3n) is 5.24. The van der Waals surface area contributed by atoms with E-state index >= 15 is 0 Å². The minimum Gasteiger partial charge on any atom is -0.432 e. The van der Waals surface area contributed by atoms with Crippen LogP contribution in [0.1, 0.15) is 31.3 Å². The summed E-state index contributed by atoms with van der Waals surface area (Å²) < 4.78 is 5.96. The highest BCUT2D eigenvalue weighted by Crippen LogP contribution is 2.41. The molecular formula is C26H21Cl3N2O3. The first-order valence-corrected chi connectivity index (χ1v) is 11.8. The highest BCUT2D eigenvalue weighted by Gasteiger charge is 2.32. The highest BCUT2D eigenvalue weighted by molar-refractivity contribution is 6.33. The number of alkyl halides is 1. The van der Waals surface area contributed by atoms with Gasteiger partial charge in [0.25, 0.3) is 0 Å². The van der Waals surface area contributed by atoms with E-state index in [4.69, 9.17) is 44.2 Å². The lowest BCUT2D eigenvalue weighted by molar-refractivity contribution is -0.113. The van der Waals surface area contributed by atoms with E-state index in [9.17, 15) is 9.59 Å². The summed E-state index contributed by atoms with van der Waals surface area (Å²) in [5, 5.41) is 4.30. The summed E-state index contributed by atoms with van der Waals surface area (Å²) in [4.78, 5) is 30.2. The number of halogens is 3. The SMILES string of the molecule is CC(C)(C)C(=O)c1oc2nc(-c3ccccc3Cl)c(-c3ccc(Cl)cc3)cc2c1NC(=O)CCl. The van der Waals surface area contributed by atoms with Crippen LogP contribution in [-0.4, -0.2) is 22.6 Å². The van der Waals surface area contributed by atoms with E-state index in [2.05, 4.69) is 5.32 Å². The van der Waals surface area contributed by atoms with E-state index in [1.807, 2.05) is 36.4 Å². The summed E-state index contributed by atoms with van der Waals surface area (Å²) in [6, 6.07) is 16.4. The van der Waals surface area contributed by atoms with Gasteiger partial charge in [-0.05, 0) is 29.8 Å². The van der Waals surface area contributed by atoms with Crippen LogP contribution in [-0.2, 0) is 4.79 Å². The van der Waals surface area contributed by atoms with Crippen molar-refractivity contribution in [3.63, 3.8) is 0 Å². The lowest BCUT2D eigenvalue weighted by Crippen LogP contribution is -2.22. The number of pyridine rings is 1. The number of hydrogen-bond donors (Lipinski definition) is 1. The van der Waals surface area contributed by atoms with Crippen molar-refractivity contribution in [3.8, 4) is 22.4 Å². The molecule has 2 aromatic carbocycles. The van der Waals surface area contributed by atoms with E-state index < -0.39 is 11.3 Å². The van der Waals surface area contributed by atoms with Crippen molar-refractivity contribution in [2.75, 3.05) is 11.2 Å². The Morgan fingerprint density at radius 2 is 1.68 bits per heavy atom. The first-order valence-electron chi connectivity index (χ1n) is 10.5. The minimum atomic E-state index is -0.751. The third kappa shape index (κ3) is 4.69. The van der Waals surface area contributed by atoms with E-state index in [0.717, 1.165) is 11.1 Å². The van der Waals surface area contributed by atoms with Gasteiger partial charge in [-0.3, -0.25) is 9.59 Å². The Kier molecular flexibility index (Phi) is 6.72. The quantitative estimate of drug-likeness (QED) is 0.217. The van der Waals surface area contributed by atoms with Crippen molar-refractivity contribution in [1.29, 1.82) is 0 Å². The Labute approximate surface area is 212 Å². The van der Waals surface area contributed by atoms with Crippen LogP contribution in [0.2, 0.25) is 10.0 Å². The Morgan fingerprint density at radius 1 is 1.00 bits per heavy atom. The molecular weight excluding hydrogens is 495 g/mol. The number of nitrogens with one attached hydrogen (secondary N) is 1. The van der Waals surface area contributed by atoms with Crippen LogP contribution in [0.25, 0.3) is 33.5 Å². The van der Waals surface area contributed by atoms with Crippen LogP contribution >= 0.6 is 34.8 Å². The molecule has 0 fully saturated rings. The number of carbonyl (C=O) groups is 2. The number of ketones is 1. The van der Waals surface area contributed by atoms with Gasteiger partial charge >= 0.3 is 0 Å². The molecule has 8 heteroatoms. The van der Waals surface area contributed by atoms with E-state index in [-0.39, 0.29) is 28.8 Å². The summed E-state index contributed by atoms with van der Waals surface area (Å²) in [5.74, 6) is -0.990. The van der Waals surface area contributed by atoms with Crippen molar-refractivity contribution in [2.45, 2.75) is 20.8 Å². The first-order chi connectivity index (χ1) is 16.1. The monoisotopic (exact) mass is 514 g/mol. The molecule has 1 amide bonds. The average molecular weight is 516 g/mol. The fourth-order valence-electron chi connectivity index (χ4n) is 3.53. The molecule has 4 aromatic rings. The lowest BCUT2D eigenvalue weighted by Gasteiger charge is -2.15. The van der Waals surface area contributed by atoms with Gasteiger partial charge < -0.3 is 9.73 Å². The number of amides is 1. The van der Waals surface area contributed by atoms with Gasteiger partial charge in [-0.1, -0.05) is 74.3 Å². The van der Waals surface area contributed by atoms with Crippen molar-refractivity contribution < 1.29 is 14.0 Å². The zero-order chi connectivity index (χ0) is 24.6. The minimum absolute atomic E-state index is 0.0202. The van der Waals surface area contributed by atoms with Crippen LogP contribution in [0.4, 0.5) is 5.69 Å². The number of furan rings is 1. The first kappa shape index (κ1) is 24.3. The normalized spacial score (nSPS) is 11.6. The zero-order valence-electron chi connectivity index (χ0n) is 18.7. The maximum absolute atomic E-state index is 13.2. The molecule has 174 valence electrons. The molecule has 0 unspecified atom stereocenters. The van der Waals surface area contributed by atoms with Crippen molar-refractivity contribution >= 4 is 63.3 Å². The Balaban J connectivity index is 2.07. The lowest BCUT2D eigenvalue weighted by atomic mass is 9.88. The molecule has 1 N–H and O–H groups in total. The zero-order valence-corrected chi connectivity index (χ0v) is 21.0. The fourth-order valence-corrected chi connectivity index (χ4v) is 3.95. The second kappa shape index (κ2) is 9.41. The smallest absolute Gasteiger partial charge is 0.239 e. The maximum atomic E-state index is 13.2. The molecule has 34 heavy (non-hydrogen) atoms. The van der Waals surface area contributed by atoms with Gasteiger partial charge in [-0.2, -0.15) is 0 Å². The molecule has 5 nitrogen and oxygen atoms in total. The molecule has 0 saturated heterocycles. The number of anilines is 1. The van der Waals surface area contributed by atoms with Crippen LogP contribution in [0.3, 0.4) is 0 Å². The second-order valence-corrected chi connectivity index (χ2v) is 9.90. The van der Waals surface area contributed by atoms with Crippen LogP contribution in [0, 0.1) is 5.41 Å². The van der Waals surface area contributed by atoms with Gasteiger partial charge in [0.2, 0.25) is 17.4 Å². The summed E-state index contributed by atoms with van der Waals surface area (Å²) in [5.41, 5.74) is 2.52. The van der Waals surface area contributed by atoms with Crippen LogP contribution in [0.5, 0.6) is 0 Å². The van der Waals surface area contributed by atoms with E-state index in [0.29, 0.717) is 26.7 Å². The number of nitrogens with zero attached hydrogens (tertiary/aromatic N) is 1. The van der Waals surface area contributed by atoms with Gasteiger partial charge in [0, 0.05) is 26.6 Å². The van der Waals surface area contributed by atoms with Gasteiger partial charge in [0.05, 0.1) is 11.1 Å². The van der Waals surface area contributed by atoms with Gasteiger partial charge in [-0.25, -0.2) is 4.98 Å². The molecule has 2 heterocycles. The van der Waals surface area contributed by atoms with Gasteiger partial charge in [0.1, 0.15) is 11.6 Å². The summed E-state index contributed by atoms with van der Waals surface area (Å²) >= 11 is 18.4. The van der Waals surface area contributed by atoms with Gasteiger partial charge in [0.15, 0.2) is 5.76 Å². The fraction of sp³-hybridized carbons (Fsp3) is 0.192. The molecule has 2 aromatic heterocycles. The largest absolute Gasteiger partial charge is 0.432 e. The molecule has 4 rings (SSSR count). The summed E-state index contributed by atoms with van der Waals surface area (Å²) in [6.45, 7) is 5.33. The Bertz CT molecular complexity index is 1400.